The molecular formula is C14H19BrN2O2. The number of aryl methyl sites for hydroxylation is 1. The maximum Gasteiger partial charge on any atom is 0.251 e. The average molecular weight is 327 g/mol. The zero-order valence-electron chi connectivity index (χ0n) is 11.7. The molecule has 0 fully saturated rings. The minimum absolute atomic E-state index is 0.0953. The summed E-state index contributed by atoms with van der Waals surface area (Å²) < 4.78 is 0.879. The van der Waals surface area contributed by atoms with Gasteiger partial charge < -0.3 is 10.2 Å². The number of rotatable bonds is 4. The number of hydrogen-bond acceptors (Lipinski definition) is 2. The van der Waals surface area contributed by atoms with Gasteiger partial charge in [0.15, 0.2) is 0 Å². The molecule has 0 aliphatic heterocycles. The van der Waals surface area contributed by atoms with Gasteiger partial charge in [0.2, 0.25) is 5.91 Å². The number of carbonyl (C=O) groups is 2. The van der Waals surface area contributed by atoms with E-state index >= 15 is 0 Å². The molecule has 0 saturated carbocycles. The van der Waals surface area contributed by atoms with Gasteiger partial charge in [-0.25, -0.2) is 0 Å². The quantitative estimate of drug-likeness (QED) is 0.923. The van der Waals surface area contributed by atoms with E-state index in [9.17, 15) is 9.59 Å². The maximum absolute atomic E-state index is 12.0. The van der Waals surface area contributed by atoms with Crippen molar-refractivity contribution in [1.82, 2.24) is 10.2 Å². The summed E-state index contributed by atoms with van der Waals surface area (Å²) in [6.07, 6.45) is 0. The number of benzene rings is 1. The Kier molecular flexibility index (Phi) is 5.54. The fourth-order valence-corrected chi connectivity index (χ4v) is 1.94. The normalized spacial score (nSPS) is 11.8. The second kappa shape index (κ2) is 6.70. The largest absolute Gasteiger partial charge is 0.344 e. The molecule has 0 aliphatic rings. The molecule has 19 heavy (non-hydrogen) atoms. The highest BCUT2D eigenvalue weighted by atomic mass is 79.9. The van der Waals surface area contributed by atoms with Gasteiger partial charge in [0.1, 0.15) is 6.04 Å². The molecule has 5 heteroatoms. The Morgan fingerprint density at radius 3 is 2.58 bits per heavy atom. The van der Waals surface area contributed by atoms with E-state index in [1.807, 2.05) is 19.9 Å². The van der Waals surface area contributed by atoms with Crippen molar-refractivity contribution in [2.45, 2.75) is 26.8 Å². The van der Waals surface area contributed by atoms with Crippen molar-refractivity contribution in [3.8, 4) is 0 Å². The lowest BCUT2D eigenvalue weighted by Gasteiger charge is -2.20. The second-order valence-electron chi connectivity index (χ2n) is 4.51. The van der Waals surface area contributed by atoms with Crippen LogP contribution in [0.4, 0.5) is 0 Å². The Bertz CT molecular complexity index is 488. The Morgan fingerprint density at radius 2 is 2.05 bits per heavy atom. The van der Waals surface area contributed by atoms with Crippen molar-refractivity contribution >= 4 is 27.7 Å². The Balaban J connectivity index is 2.74. The Labute approximate surface area is 122 Å². The molecule has 0 heterocycles. The molecule has 1 N–H and O–H groups in total. The molecule has 0 spiro atoms. The molecule has 1 aromatic carbocycles. The molecule has 1 rings (SSSR count). The predicted molar refractivity (Wildman–Crippen MR) is 79.1 cm³/mol. The van der Waals surface area contributed by atoms with Crippen molar-refractivity contribution in [1.29, 1.82) is 0 Å². The van der Waals surface area contributed by atoms with Crippen molar-refractivity contribution in [2.24, 2.45) is 0 Å². The van der Waals surface area contributed by atoms with Gasteiger partial charge in [0, 0.05) is 23.6 Å². The van der Waals surface area contributed by atoms with Crippen LogP contribution in [0.3, 0.4) is 0 Å². The highest BCUT2D eigenvalue weighted by Crippen LogP contribution is 2.17. The van der Waals surface area contributed by atoms with Crippen LogP contribution >= 0.6 is 15.9 Å². The van der Waals surface area contributed by atoms with Gasteiger partial charge >= 0.3 is 0 Å². The summed E-state index contributed by atoms with van der Waals surface area (Å²) in [5.74, 6) is -0.340. The number of halogens is 1. The van der Waals surface area contributed by atoms with Gasteiger partial charge in [0.25, 0.3) is 5.91 Å². The number of likely N-dealkylation sites (N-methyl/N-ethyl adjacent to an activating group) is 1. The molecule has 0 bridgehead atoms. The van der Waals surface area contributed by atoms with E-state index in [4.69, 9.17) is 0 Å². The fraction of sp³-hybridized carbons (Fsp3) is 0.429. The standard InChI is InChI=1S/C14H19BrN2O2/c1-5-17(4)14(19)10(3)16-13(18)11-7-6-9(2)12(15)8-11/h6-8,10H,5H2,1-4H3,(H,16,18). The molecule has 1 unspecified atom stereocenters. The summed E-state index contributed by atoms with van der Waals surface area (Å²) in [5, 5.41) is 2.71. The highest BCUT2D eigenvalue weighted by molar-refractivity contribution is 9.10. The molecule has 0 aromatic heterocycles. The van der Waals surface area contributed by atoms with Gasteiger partial charge in [-0.15, -0.1) is 0 Å². The molecular weight excluding hydrogens is 308 g/mol. The molecule has 1 aromatic rings. The van der Waals surface area contributed by atoms with E-state index in [0.29, 0.717) is 12.1 Å². The zero-order chi connectivity index (χ0) is 14.6. The van der Waals surface area contributed by atoms with Gasteiger partial charge in [-0.2, -0.15) is 0 Å². The van der Waals surface area contributed by atoms with Crippen LogP contribution in [0.2, 0.25) is 0 Å². The van der Waals surface area contributed by atoms with E-state index in [2.05, 4.69) is 21.2 Å². The van der Waals surface area contributed by atoms with Crippen LogP contribution < -0.4 is 5.32 Å². The molecule has 0 saturated heterocycles. The SMILES string of the molecule is CCN(C)C(=O)C(C)NC(=O)c1ccc(C)c(Br)c1. The van der Waals surface area contributed by atoms with Crippen LogP contribution in [0.1, 0.15) is 29.8 Å². The summed E-state index contributed by atoms with van der Waals surface area (Å²) in [6.45, 7) is 6.16. The minimum atomic E-state index is -0.530. The zero-order valence-corrected chi connectivity index (χ0v) is 13.2. The van der Waals surface area contributed by atoms with E-state index in [-0.39, 0.29) is 11.8 Å². The van der Waals surface area contributed by atoms with Crippen LogP contribution in [0.5, 0.6) is 0 Å². The van der Waals surface area contributed by atoms with Gasteiger partial charge in [-0.1, -0.05) is 22.0 Å². The first-order valence-electron chi connectivity index (χ1n) is 6.18. The molecule has 1 atom stereocenters. The maximum atomic E-state index is 12.0. The number of hydrogen-bond donors (Lipinski definition) is 1. The van der Waals surface area contributed by atoms with Crippen molar-refractivity contribution in [3.05, 3.63) is 33.8 Å². The molecule has 104 valence electrons. The van der Waals surface area contributed by atoms with Crippen LogP contribution in [-0.2, 0) is 4.79 Å². The molecule has 0 aliphatic carbocycles. The first kappa shape index (κ1) is 15.7. The fourth-order valence-electron chi connectivity index (χ4n) is 1.56. The lowest BCUT2D eigenvalue weighted by Crippen LogP contribution is -2.45. The smallest absolute Gasteiger partial charge is 0.251 e. The van der Waals surface area contributed by atoms with Crippen LogP contribution in [-0.4, -0.2) is 36.3 Å². The third kappa shape index (κ3) is 4.06. The second-order valence-corrected chi connectivity index (χ2v) is 5.37. The number of carbonyl (C=O) groups excluding carboxylic acids is 2. The predicted octanol–water partition coefficient (Wildman–Crippen LogP) is 2.35. The van der Waals surface area contributed by atoms with Crippen molar-refractivity contribution in [2.75, 3.05) is 13.6 Å². The van der Waals surface area contributed by atoms with E-state index in [1.165, 1.54) is 0 Å². The number of amides is 2. The lowest BCUT2D eigenvalue weighted by molar-refractivity contribution is -0.131. The van der Waals surface area contributed by atoms with Gasteiger partial charge in [-0.05, 0) is 38.5 Å². The monoisotopic (exact) mass is 326 g/mol. The number of nitrogens with one attached hydrogen (secondary N) is 1. The Hall–Kier alpha value is -1.36. The topological polar surface area (TPSA) is 49.4 Å². The van der Waals surface area contributed by atoms with Gasteiger partial charge in [-0.3, -0.25) is 9.59 Å². The third-order valence-electron chi connectivity index (χ3n) is 3.00. The van der Waals surface area contributed by atoms with Crippen LogP contribution in [0, 0.1) is 6.92 Å². The summed E-state index contributed by atoms with van der Waals surface area (Å²) in [7, 11) is 1.72. The summed E-state index contributed by atoms with van der Waals surface area (Å²) in [5.41, 5.74) is 1.60. The highest BCUT2D eigenvalue weighted by Gasteiger charge is 2.19. The van der Waals surface area contributed by atoms with Gasteiger partial charge in [0.05, 0.1) is 0 Å². The lowest BCUT2D eigenvalue weighted by atomic mass is 10.1. The van der Waals surface area contributed by atoms with Crippen molar-refractivity contribution in [3.63, 3.8) is 0 Å². The Morgan fingerprint density at radius 1 is 1.42 bits per heavy atom. The summed E-state index contributed by atoms with van der Waals surface area (Å²) in [4.78, 5) is 25.5. The van der Waals surface area contributed by atoms with E-state index < -0.39 is 6.04 Å². The molecule has 4 nitrogen and oxygen atoms in total. The third-order valence-corrected chi connectivity index (χ3v) is 3.86. The molecule has 2 amide bonds. The van der Waals surface area contributed by atoms with Crippen LogP contribution in [0.25, 0.3) is 0 Å². The number of nitrogens with zero attached hydrogens (tertiary/aromatic N) is 1. The van der Waals surface area contributed by atoms with E-state index in [0.717, 1.165) is 10.0 Å². The van der Waals surface area contributed by atoms with Crippen molar-refractivity contribution < 1.29 is 9.59 Å². The first-order chi connectivity index (χ1) is 8.86. The first-order valence-corrected chi connectivity index (χ1v) is 6.98. The summed E-state index contributed by atoms with van der Waals surface area (Å²) in [6, 6.07) is 4.84. The molecule has 0 radical (unpaired) electrons. The van der Waals surface area contributed by atoms with Crippen LogP contribution in [0.15, 0.2) is 22.7 Å². The van der Waals surface area contributed by atoms with E-state index in [1.54, 1.807) is 31.0 Å². The average Bonchev–Trinajstić information content (AvgIpc) is 2.39. The minimum Gasteiger partial charge on any atom is -0.344 e. The summed E-state index contributed by atoms with van der Waals surface area (Å²) >= 11 is 3.39.